The van der Waals surface area contributed by atoms with Gasteiger partial charge >= 0.3 is 0 Å². The normalized spacial score (nSPS) is 10.4. The molecule has 1 heterocycles. The number of amides is 1. The summed E-state index contributed by atoms with van der Waals surface area (Å²) in [7, 11) is 1.61. The monoisotopic (exact) mass is 422 g/mol. The Morgan fingerprint density at radius 1 is 0.935 bits per heavy atom. The van der Waals surface area contributed by atoms with E-state index in [1.165, 1.54) is 6.07 Å². The molecule has 3 aromatic rings. The van der Waals surface area contributed by atoms with Gasteiger partial charge in [0, 0.05) is 18.0 Å². The third kappa shape index (κ3) is 6.12. The highest BCUT2D eigenvalue weighted by atomic mass is 16.5. The van der Waals surface area contributed by atoms with Crippen molar-refractivity contribution in [2.24, 2.45) is 0 Å². The highest BCUT2D eigenvalue weighted by Crippen LogP contribution is 2.17. The second kappa shape index (κ2) is 10.3. The lowest BCUT2D eigenvalue weighted by Gasteiger charge is -2.15. The largest absolute Gasteiger partial charge is 0.497 e. The van der Waals surface area contributed by atoms with Gasteiger partial charge in [-0.2, -0.15) is 0 Å². The Labute approximate surface area is 181 Å². The number of methoxy groups -OCH3 is 1. The van der Waals surface area contributed by atoms with Gasteiger partial charge in [0.15, 0.2) is 12.4 Å². The predicted molar refractivity (Wildman–Crippen MR) is 119 cm³/mol. The zero-order chi connectivity index (χ0) is 22.2. The van der Waals surface area contributed by atoms with E-state index >= 15 is 0 Å². The summed E-state index contributed by atoms with van der Waals surface area (Å²) < 4.78 is 18.3. The number of hydrogen-bond acceptors (Lipinski definition) is 5. The number of aryl methyl sites for hydroxylation is 1. The molecule has 2 aromatic carbocycles. The Morgan fingerprint density at radius 2 is 1.61 bits per heavy atom. The van der Waals surface area contributed by atoms with Crippen LogP contribution in [-0.2, 0) is 11.3 Å². The first kappa shape index (κ1) is 22.0. The fourth-order valence-corrected chi connectivity index (χ4v) is 2.98. The van der Waals surface area contributed by atoms with Gasteiger partial charge in [-0.3, -0.25) is 9.59 Å². The van der Waals surface area contributed by atoms with Crippen LogP contribution < -0.4 is 25.0 Å². The lowest BCUT2D eigenvalue weighted by atomic mass is 10.2. The molecule has 0 saturated heterocycles. The highest BCUT2D eigenvalue weighted by molar-refractivity contribution is 5.91. The SMILES string of the molecule is COc1ccc(OCCn2ccc(=O)c(OCC(=O)Nc3ccc(C)cc3)c2C)cc1. The lowest BCUT2D eigenvalue weighted by molar-refractivity contribution is -0.118. The molecule has 0 saturated carbocycles. The summed E-state index contributed by atoms with van der Waals surface area (Å²) in [6, 6.07) is 16.2. The second-order valence-electron chi connectivity index (χ2n) is 7.01. The van der Waals surface area contributed by atoms with Crippen LogP contribution in [-0.4, -0.2) is 30.8 Å². The fourth-order valence-electron chi connectivity index (χ4n) is 2.98. The van der Waals surface area contributed by atoms with Crippen molar-refractivity contribution < 1.29 is 19.0 Å². The number of pyridine rings is 1. The Bertz CT molecular complexity index is 1070. The highest BCUT2D eigenvalue weighted by Gasteiger charge is 2.11. The minimum Gasteiger partial charge on any atom is -0.497 e. The number of carbonyl (C=O) groups excluding carboxylic acids is 1. The van der Waals surface area contributed by atoms with Crippen molar-refractivity contribution in [3.05, 3.63) is 82.3 Å². The molecular weight excluding hydrogens is 396 g/mol. The van der Waals surface area contributed by atoms with Crippen LogP contribution in [0.15, 0.2) is 65.6 Å². The van der Waals surface area contributed by atoms with E-state index in [2.05, 4.69) is 5.32 Å². The molecule has 0 aliphatic rings. The summed E-state index contributed by atoms with van der Waals surface area (Å²) in [6.45, 7) is 4.42. The molecule has 7 heteroatoms. The number of benzene rings is 2. The maximum atomic E-state index is 12.2. The molecule has 0 unspecified atom stereocenters. The standard InChI is InChI=1S/C24H26N2O5/c1-17-4-6-19(7-5-17)25-23(28)16-31-24-18(2)26(13-12-22(24)27)14-15-30-21-10-8-20(29-3)9-11-21/h4-13H,14-16H2,1-3H3,(H,25,28). The fraction of sp³-hybridized carbons (Fsp3) is 0.250. The maximum absolute atomic E-state index is 12.2. The first-order valence-corrected chi connectivity index (χ1v) is 9.92. The summed E-state index contributed by atoms with van der Waals surface area (Å²) in [6.07, 6.45) is 1.69. The van der Waals surface area contributed by atoms with E-state index < -0.39 is 0 Å². The molecule has 162 valence electrons. The zero-order valence-electron chi connectivity index (χ0n) is 17.9. The van der Waals surface area contributed by atoms with E-state index in [1.807, 2.05) is 60.0 Å². The van der Waals surface area contributed by atoms with E-state index in [9.17, 15) is 9.59 Å². The summed E-state index contributed by atoms with van der Waals surface area (Å²) in [4.78, 5) is 24.4. The van der Waals surface area contributed by atoms with Gasteiger partial charge in [0.05, 0.1) is 19.3 Å². The van der Waals surface area contributed by atoms with E-state index in [4.69, 9.17) is 14.2 Å². The minimum absolute atomic E-state index is 0.158. The first-order valence-electron chi connectivity index (χ1n) is 9.92. The number of nitrogens with one attached hydrogen (secondary N) is 1. The molecule has 0 atom stereocenters. The molecule has 0 spiro atoms. The molecule has 3 rings (SSSR count). The van der Waals surface area contributed by atoms with Gasteiger partial charge in [-0.05, 0) is 50.2 Å². The van der Waals surface area contributed by atoms with E-state index in [1.54, 1.807) is 20.2 Å². The average Bonchev–Trinajstić information content (AvgIpc) is 2.77. The second-order valence-corrected chi connectivity index (χ2v) is 7.01. The number of rotatable bonds is 9. The molecule has 7 nitrogen and oxygen atoms in total. The zero-order valence-corrected chi connectivity index (χ0v) is 17.9. The molecule has 0 fully saturated rings. The van der Waals surface area contributed by atoms with Crippen molar-refractivity contribution >= 4 is 11.6 Å². The summed E-state index contributed by atoms with van der Waals surface area (Å²) in [5, 5.41) is 2.75. The van der Waals surface area contributed by atoms with Gasteiger partial charge in [0.25, 0.3) is 5.91 Å². The van der Waals surface area contributed by atoms with Crippen LogP contribution in [0, 0.1) is 13.8 Å². The third-order valence-corrected chi connectivity index (χ3v) is 4.73. The maximum Gasteiger partial charge on any atom is 0.262 e. The van der Waals surface area contributed by atoms with Crippen LogP contribution in [0.1, 0.15) is 11.3 Å². The van der Waals surface area contributed by atoms with E-state index in [0.29, 0.717) is 24.5 Å². The van der Waals surface area contributed by atoms with Gasteiger partial charge < -0.3 is 24.1 Å². The molecule has 0 aliphatic heterocycles. The molecule has 1 amide bonds. The summed E-state index contributed by atoms with van der Waals surface area (Å²) in [5.41, 5.74) is 2.14. The predicted octanol–water partition coefficient (Wildman–Crippen LogP) is 3.57. The third-order valence-electron chi connectivity index (χ3n) is 4.73. The van der Waals surface area contributed by atoms with Crippen LogP contribution in [0.4, 0.5) is 5.69 Å². The van der Waals surface area contributed by atoms with Crippen LogP contribution >= 0.6 is 0 Å². The molecule has 0 radical (unpaired) electrons. The van der Waals surface area contributed by atoms with Gasteiger partial charge in [0.1, 0.15) is 18.1 Å². The minimum atomic E-state index is -0.333. The number of anilines is 1. The van der Waals surface area contributed by atoms with Crippen LogP contribution in [0.2, 0.25) is 0 Å². The summed E-state index contributed by atoms with van der Waals surface area (Å²) in [5.74, 6) is 1.31. The average molecular weight is 422 g/mol. The van der Waals surface area contributed by atoms with Crippen LogP contribution in [0.25, 0.3) is 0 Å². The smallest absolute Gasteiger partial charge is 0.262 e. The Balaban J connectivity index is 1.57. The van der Waals surface area contributed by atoms with Crippen molar-refractivity contribution in [2.45, 2.75) is 20.4 Å². The van der Waals surface area contributed by atoms with Gasteiger partial charge in [0.2, 0.25) is 5.43 Å². The number of carbonyl (C=O) groups is 1. The van der Waals surface area contributed by atoms with Gasteiger partial charge in [-0.15, -0.1) is 0 Å². The Kier molecular flexibility index (Phi) is 7.32. The quantitative estimate of drug-likeness (QED) is 0.570. The number of hydrogen-bond donors (Lipinski definition) is 1. The lowest BCUT2D eigenvalue weighted by Crippen LogP contribution is -2.24. The number of ether oxygens (including phenoxy) is 3. The molecule has 1 aromatic heterocycles. The van der Waals surface area contributed by atoms with Crippen molar-refractivity contribution in [3.8, 4) is 17.2 Å². The number of nitrogens with zero attached hydrogens (tertiary/aromatic N) is 1. The Morgan fingerprint density at radius 3 is 2.29 bits per heavy atom. The van der Waals surface area contributed by atoms with Crippen LogP contribution in [0.5, 0.6) is 17.2 Å². The topological polar surface area (TPSA) is 78.8 Å². The molecule has 0 aliphatic carbocycles. The number of aromatic nitrogens is 1. The molecule has 1 N–H and O–H groups in total. The van der Waals surface area contributed by atoms with Crippen molar-refractivity contribution in [1.29, 1.82) is 0 Å². The van der Waals surface area contributed by atoms with E-state index in [0.717, 1.165) is 17.1 Å². The van der Waals surface area contributed by atoms with Crippen LogP contribution in [0.3, 0.4) is 0 Å². The van der Waals surface area contributed by atoms with Crippen molar-refractivity contribution in [3.63, 3.8) is 0 Å². The van der Waals surface area contributed by atoms with Gasteiger partial charge in [-0.1, -0.05) is 17.7 Å². The van der Waals surface area contributed by atoms with Crippen molar-refractivity contribution in [1.82, 2.24) is 4.57 Å². The summed E-state index contributed by atoms with van der Waals surface area (Å²) >= 11 is 0. The first-order chi connectivity index (χ1) is 15.0. The molecule has 31 heavy (non-hydrogen) atoms. The Hall–Kier alpha value is -3.74. The molecule has 0 bridgehead atoms. The van der Waals surface area contributed by atoms with E-state index in [-0.39, 0.29) is 23.7 Å². The van der Waals surface area contributed by atoms with Crippen molar-refractivity contribution in [2.75, 3.05) is 25.6 Å². The molecular formula is C24H26N2O5. The van der Waals surface area contributed by atoms with Gasteiger partial charge in [-0.25, -0.2) is 0 Å².